The summed E-state index contributed by atoms with van der Waals surface area (Å²) in [5.74, 6) is -0.999. The van der Waals surface area contributed by atoms with Gasteiger partial charge in [0, 0.05) is 28.8 Å². The first-order chi connectivity index (χ1) is 14.5. The van der Waals surface area contributed by atoms with Gasteiger partial charge in [0.05, 0.1) is 11.5 Å². The second kappa shape index (κ2) is 8.17. The zero-order valence-electron chi connectivity index (χ0n) is 15.3. The minimum atomic E-state index is -0.645. The molecule has 4 rings (SSSR count). The topological polar surface area (TPSA) is 108 Å². The third-order valence-corrected chi connectivity index (χ3v) is 5.03. The molecule has 0 radical (unpaired) electrons. The number of aromatic nitrogens is 4. The van der Waals surface area contributed by atoms with Crippen LogP contribution in [0.25, 0.3) is 5.69 Å². The summed E-state index contributed by atoms with van der Waals surface area (Å²) >= 11 is 1.21. The number of nitrogens with zero attached hydrogens (tertiary/aromatic N) is 6. The molecule has 0 bridgehead atoms. The molecule has 0 saturated carbocycles. The Hall–Kier alpha value is -3.99. The fourth-order valence-electron chi connectivity index (χ4n) is 2.80. The first kappa shape index (κ1) is 19.3. The molecule has 9 nitrogen and oxygen atoms in total. The Labute approximate surface area is 172 Å². The molecule has 30 heavy (non-hydrogen) atoms. The van der Waals surface area contributed by atoms with Gasteiger partial charge < -0.3 is 4.57 Å². The predicted octanol–water partition coefficient (Wildman–Crippen LogP) is 2.97. The van der Waals surface area contributed by atoms with Crippen LogP contribution in [0.2, 0.25) is 0 Å². The largest absolute Gasteiger partial charge is 0.319 e. The van der Waals surface area contributed by atoms with Gasteiger partial charge in [-0.3, -0.25) is 14.9 Å². The summed E-state index contributed by atoms with van der Waals surface area (Å²) in [5.41, 5.74) is 0.390. The first-order valence-corrected chi connectivity index (χ1v) is 9.51. The molecule has 0 atom stereocenters. The van der Waals surface area contributed by atoms with E-state index in [4.69, 9.17) is 0 Å². The Morgan fingerprint density at radius 2 is 2.10 bits per heavy atom. The van der Waals surface area contributed by atoms with Gasteiger partial charge in [-0.1, -0.05) is 18.2 Å². The quantitative estimate of drug-likeness (QED) is 0.361. The molecule has 2 aromatic carbocycles. The molecular weight excluding hydrogens is 411 g/mol. The lowest BCUT2D eigenvalue weighted by Gasteiger charge is -2.05. The van der Waals surface area contributed by atoms with Crippen molar-refractivity contribution in [2.24, 2.45) is 4.99 Å². The van der Waals surface area contributed by atoms with Crippen molar-refractivity contribution in [2.45, 2.75) is 6.54 Å². The van der Waals surface area contributed by atoms with Crippen molar-refractivity contribution >= 4 is 22.9 Å². The molecule has 0 spiro atoms. The van der Waals surface area contributed by atoms with E-state index in [1.54, 1.807) is 34.3 Å². The Morgan fingerprint density at radius 1 is 1.27 bits per heavy atom. The Bertz CT molecular complexity index is 1300. The van der Waals surface area contributed by atoms with Gasteiger partial charge in [0.1, 0.15) is 24.2 Å². The minimum absolute atomic E-state index is 0.0522. The van der Waals surface area contributed by atoms with Crippen molar-refractivity contribution in [3.8, 4) is 5.69 Å². The maximum absolute atomic E-state index is 13.9. The average molecular weight is 424 g/mol. The SMILES string of the molecule is O=C(N=c1sccn1Cc1ccccc1F)c1ccc(-n2cncn2)c([N+](=O)[O-])c1. The van der Waals surface area contributed by atoms with Gasteiger partial charge in [0.2, 0.25) is 0 Å². The van der Waals surface area contributed by atoms with Crippen LogP contribution in [0.15, 0.2) is 71.7 Å². The van der Waals surface area contributed by atoms with Crippen LogP contribution in [0.4, 0.5) is 10.1 Å². The average Bonchev–Trinajstić information content (AvgIpc) is 3.42. The number of hydrogen-bond donors (Lipinski definition) is 0. The summed E-state index contributed by atoms with van der Waals surface area (Å²) in [6.07, 6.45) is 4.27. The second-order valence-corrected chi connectivity index (χ2v) is 7.00. The fourth-order valence-corrected chi connectivity index (χ4v) is 3.52. The van der Waals surface area contributed by atoms with Crippen molar-refractivity contribution in [3.63, 3.8) is 0 Å². The molecule has 0 fully saturated rings. The lowest BCUT2D eigenvalue weighted by atomic mass is 10.1. The Morgan fingerprint density at radius 3 is 2.83 bits per heavy atom. The highest BCUT2D eigenvalue weighted by Crippen LogP contribution is 2.23. The van der Waals surface area contributed by atoms with Crippen LogP contribution in [0.1, 0.15) is 15.9 Å². The maximum atomic E-state index is 13.9. The van der Waals surface area contributed by atoms with Crippen molar-refractivity contribution < 1.29 is 14.1 Å². The molecule has 0 N–H and O–H groups in total. The summed E-state index contributed by atoms with van der Waals surface area (Å²) in [5, 5.41) is 17.1. The number of amides is 1. The lowest BCUT2D eigenvalue weighted by Crippen LogP contribution is -2.17. The highest BCUT2D eigenvalue weighted by atomic mass is 32.1. The monoisotopic (exact) mass is 424 g/mol. The molecule has 1 amide bonds. The molecule has 0 aliphatic carbocycles. The van der Waals surface area contributed by atoms with Crippen molar-refractivity contribution in [2.75, 3.05) is 0 Å². The van der Waals surface area contributed by atoms with Gasteiger partial charge in [-0.25, -0.2) is 14.1 Å². The molecule has 2 aromatic heterocycles. The van der Waals surface area contributed by atoms with Gasteiger partial charge in [-0.2, -0.15) is 10.1 Å². The first-order valence-electron chi connectivity index (χ1n) is 8.63. The van der Waals surface area contributed by atoms with E-state index in [0.717, 1.165) is 6.07 Å². The van der Waals surface area contributed by atoms with Crippen LogP contribution < -0.4 is 4.80 Å². The summed E-state index contributed by atoms with van der Waals surface area (Å²) in [6.45, 7) is 0.202. The summed E-state index contributed by atoms with van der Waals surface area (Å²) in [7, 11) is 0. The van der Waals surface area contributed by atoms with Gasteiger partial charge in [0.25, 0.3) is 11.6 Å². The number of carbonyl (C=O) groups excluding carboxylic acids is 1. The Kier molecular flexibility index (Phi) is 5.26. The molecule has 0 unspecified atom stereocenters. The third kappa shape index (κ3) is 3.91. The van der Waals surface area contributed by atoms with Crippen LogP contribution >= 0.6 is 11.3 Å². The van der Waals surface area contributed by atoms with Crippen LogP contribution in [0.3, 0.4) is 0 Å². The van der Waals surface area contributed by atoms with Crippen molar-refractivity contribution in [1.82, 2.24) is 19.3 Å². The van der Waals surface area contributed by atoms with Crippen LogP contribution in [-0.4, -0.2) is 30.2 Å². The van der Waals surface area contributed by atoms with Gasteiger partial charge in [0.15, 0.2) is 4.80 Å². The minimum Gasteiger partial charge on any atom is -0.319 e. The van der Waals surface area contributed by atoms with E-state index in [1.165, 1.54) is 46.9 Å². The van der Waals surface area contributed by atoms with E-state index < -0.39 is 10.8 Å². The van der Waals surface area contributed by atoms with Crippen LogP contribution in [0, 0.1) is 15.9 Å². The summed E-state index contributed by atoms with van der Waals surface area (Å²) in [4.78, 5) is 31.7. The molecular formula is C19H13FN6O3S. The van der Waals surface area contributed by atoms with Gasteiger partial charge in [-0.15, -0.1) is 11.3 Å². The van der Waals surface area contributed by atoms with E-state index in [9.17, 15) is 19.3 Å². The number of benzene rings is 2. The number of rotatable bonds is 5. The zero-order chi connectivity index (χ0) is 21.1. The molecule has 0 saturated heterocycles. The third-order valence-electron chi connectivity index (χ3n) is 4.24. The Balaban J connectivity index is 1.67. The molecule has 0 aliphatic heterocycles. The predicted molar refractivity (Wildman–Crippen MR) is 106 cm³/mol. The highest BCUT2D eigenvalue weighted by molar-refractivity contribution is 7.07. The van der Waals surface area contributed by atoms with Crippen LogP contribution in [-0.2, 0) is 6.54 Å². The standard InChI is InChI=1S/C19H13FN6O3S/c20-15-4-2-1-3-14(15)10-24-7-8-30-19(24)23-18(27)13-5-6-16(17(9-13)26(28)29)25-12-21-11-22-25/h1-9,11-12H,10H2. The molecule has 150 valence electrons. The number of nitro groups is 1. The molecule has 4 aromatic rings. The second-order valence-electron chi connectivity index (χ2n) is 6.12. The van der Waals surface area contributed by atoms with E-state index in [1.807, 2.05) is 0 Å². The number of nitro benzene ring substituents is 1. The van der Waals surface area contributed by atoms with Gasteiger partial charge >= 0.3 is 0 Å². The summed E-state index contributed by atoms with van der Waals surface area (Å²) < 4.78 is 16.8. The van der Waals surface area contributed by atoms with Crippen molar-refractivity contribution in [1.29, 1.82) is 0 Å². The highest BCUT2D eigenvalue weighted by Gasteiger charge is 2.19. The number of carbonyl (C=O) groups is 1. The molecule has 2 heterocycles. The lowest BCUT2D eigenvalue weighted by molar-refractivity contribution is -0.384. The number of halogens is 1. The van der Waals surface area contributed by atoms with Crippen molar-refractivity contribution in [3.05, 3.63) is 98.6 Å². The summed E-state index contributed by atoms with van der Waals surface area (Å²) in [6, 6.07) is 10.3. The van der Waals surface area contributed by atoms with E-state index >= 15 is 0 Å². The van der Waals surface area contributed by atoms with Gasteiger partial charge in [-0.05, 0) is 18.2 Å². The molecule has 0 aliphatic rings. The zero-order valence-corrected chi connectivity index (χ0v) is 16.1. The van der Waals surface area contributed by atoms with E-state index in [2.05, 4.69) is 15.1 Å². The number of hydrogen-bond acceptors (Lipinski definition) is 6. The number of thiazole rings is 1. The van der Waals surface area contributed by atoms with Crippen LogP contribution in [0.5, 0.6) is 0 Å². The maximum Gasteiger partial charge on any atom is 0.295 e. The van der Waals surface area contributed by atoms with E-state index in [-0.39, 0.29) is 29.3 Å². The normalized spacial score (nSPS) is 11.6. The fraction of sp³-hybridized carbons (Fsp3) is 0.0526. The van der Waals surface area contributed by atoms with E-state index in [0.29, 0.717) is 10.4 Å². The smallest absolute Gasteiger partial charge is 0.295 e. The molecule has 11 heteroatoms.